The summed E-state index contributed by atoms with van der Waals surface area (Å²) in [4.78, 5) is 11.1. The second-order valence-corrected chi connectivity index (χ2v) is 3.79. The number of halogens is 1. The quantitative estimate of drug-likeness (QED) is 0.509. The lowest BCUT2D eigenvalue weighted by Crippen LogP contribution is -1.87. The van der Waals surface area contributed by atoms with E-state index < -0.39 is 0 Å². The molecule has 0 heterocycles. The fraction of sp³-hybridized carbons (Fsp3) is 0. The van der Waals surface area contributed by atoms with Gasteiger partial charge in [0.15, 0.2) is 6.29 Å². The van der Waals surface area contributed by atoms with Crippen LogP contribution in [-0.2, 0) is 4.79 Å². The first-order valence-electron chi connectivity index (χ1n) is 5.41. The Hall–Kier alpha value is -2.42. The summed E-state index contributed by atoms with van der Waals surface area (Å²) in [6, 6.07) is 12.4. The first kappa shape index (κ1) is 12.0. The molecule has 0 radical (unpaired) electrons. The Morgan fingerprint density at radius 1 is 1.06 bits per heavy atom. The van der Waals surface area contributed by atoms with Gasteiger partial charge in [-0.1, -0.05) is 30.3 Å². The van der Waals surface area contributed by atoms with Gasteiger partial charge >= 0.3 is 0 Å². The standard InChI is InChI=1S/C15H11FO2/c16-15-4-2-1-3-12(15)9-13(10-17)11-5-7-14(18)8-6-11/h1-10,18H/b13-9-. The highest BCUT2D eigenvalue weighted by Gasteiger charge is 2.03. The van der Waals surface area contributed by atoms with E-state index in [1.165, 1.54) is 24.3 Å². The van der Waals surface area contributed by atoms with Crippen molar-refractivity contribution >= 4 is 17.9 Å². The van der Waals surface area contributed by atoms with Crippen LogP contribution in [0.5, 0.6) is 5.75 Å². The topological polar surface area (TPSA) is 37.3 Å². The summed E-state index contributed by atoms with van der Waals surface area (Å²) < 4.78 is 13.5. The van der Waals surface area contributed by atoms with Crippen molar-refractivity contribution in [2.45, 2.75) is 0 Å². The third-order valence-electron chi connectivity index (χ3n) is 2.54. The number of allylic oxidation sites excluding steroid dienone is 1. The summed E-state index contributed by atoms with van der Waals surface area (Å²) in [6.07, 6.45) is 2.15. The van der Waals surface area contributed by atoms with Crippen LogP contribution in [0.1, 0.15) is 11.1 Å². The minimum absolute atomic E-state index is 0.120. The average molecular weight is 242 g/mol. The number of carbonyl (C=O) groups excluding carboxylic acids is 1. The van der Waals surface area contributed by atoms with Gasteiger partial charge in [0.2, 0.25) is 0 Å². The maximum absolute atomic E-state index is 13.5. The number of hydrogen-bond donors (Lipinski definition) is 1. The van der Waals surface area contributed by atoms with Crippen LogP contribution in [0.25, 0.3) is 11.6 Å². The van der Waals surface area contributed by atoms with E-state index in [9.17, 15) is 14.3 Å². The van der Waals surface area contributed by atoms with E-state index in [0.717, 1.165) is 0 Å². The highest BCUT2D eigenvalue weighted by molar-refractivity contribution is 6.13. The van der Waals surface area contributed by atoms with Crippen molar-refractivity contribution in [3.05, 3.63) is 65.5 Å². The van der Waals surface area contributed by atoms with Crippen LogP contribution in [0, 0.1) is 5.82 Å². The van der Waals surface area contributed by atoms with Gasteiger partial charge in [0.1, 0.15) is 11.6 Å². The molecule has 0 aliphatic rings. The van der Waals surface area contributed by atoms with Crippen molar-refractivity contribution in [2.75, 3.05) is 0 Å². The molecule has 0 spiro atoms. The van der Waals surface area contributed by atoms with Crippen LogP contribution in [-0.4, -0.2) is 11.4 Å². The van der Waals surface area contributed by atoms with Crippen LogP contribution in [0.4, 0.5) is 4.39 Å². The lowest BCUT2D eigenvalue weighted by molar-refractivity contribution is -0.103. The molecular weight excluding hydrogens is 231 g/mol. The normalized spacial score (nSPS) is 11.3. The molecule has 0 bridgehead atoms. The Morgan fingerprint density at radius 3 is 2.33 bits per heavy atom. The van der Waals surface area contributed by atoms with Crippen LogP contribution in [0.2, 0.25) is 0 Å². The second-order valence-electron chi connectivity index (χ2n) is 3.79. The van der Waals surface area contributed by atoms with Crippen LogP contribution < -0.4 is 0 Å². The van der Waals surface area contributed by atoms with E-state index in [-0.39, 0.29) is 11.6 Å². The molecule has 2 nitrogen and oxygen atoms in total. The van der Waals surface area contributed by atoms with Gasteiger partial charge in [0.25, 0.3) is 0 Å². The van der Waals surface area contributed by atoms with E-state index >= 15 is 0 Å². The van der Waals surface area contributed by atoms with Gasteiger partial charge in [-0.3, -0.25) is 4.79 Å². The van der Waals surface area contributed by atoms with Gasteiger partial charge < -0.3 is 5.11 Å². The largest absolute Gasteiger partial charge is 0.508 e. The first-order chi connectivity index (χ1) is 8.70. The smallest absolute Gasteiger partial charge is 0.150 e. The first-order valence-corrected chi connectivity index (χ1v) is 5.41. The minimum Gasteiger partial charge on any atom is -0.508 e. The fourth-order valence-electron chi connectivity index (χ4n) is 1.60. The minimum atomic E-state index is -0.379. The molecule has 0 atom stereocenters. The molecular formula is C15H11FO2. The number of carbonyl (C=O) groups is 1. The molecule has 0 saturated carbocycles. The number of rotatable bonds is 3. The molecule has 0 aliphatic heterocycles. The van der Waals surface area contributed by atoms with Crippen molar-refractivity contribution in [3.8, 4) is 5.75 Å². The molecule has 0 amide bonds. The third-order valence-corrected chi connectivity index (χ3v) is 2.54. The predicted octanol–water partition coefficient (Wildman–Crippen LogP) is 3.27. The lowest BCUT2D eigenvalue weighted by atomic mass is 10.0. The van der Waals surface area contributed by atoms with Crippen molar-refractivity contribution in [1.29, 1.82) is 0 Å². The van der Waals surface area contributed by atoms with Crippen molar-refractivity contribution in [2.24, 2.45) is 0 Å². The Bertz CT molecular complexity index is 586. The Balaban J connectivity index is 2.43. The number of aldehydes is 1. The maximum atomic E-state index is 13.5. The third kappa shape index (κ3) is 2.63. The van der Waals surface area contributed by atoms with Crippen LogP contribution in [0.15, 0.2) is 48.5 Å². The van der Waals surface area contributed by atoms with E-state index in [1.54, 1.807) is 30.3 Å². The summed E-state index contributed by atoms with van der Waals surface area (Å²) >= 11 is 0. The molecule has 90 valence electrons. The molecule has 3 heteroatoms. The summed E-state index contributed by atoms with van der Waals surface area (Å²) in [6.45, 7) is 0. The number of phenols is 1. The Labute approximate surface area is 104 Å². The van der Waals surface area contributed by atoms with Gasteiger partial charge in [0.05, 0.1) is 0 Å². The summed E-state index contributed by atoms with van der Waals surface area (Å²) in [5, 5.41) is 9.18. The van der Waals surface area contributed by atoms with Gasteiger partial charge in [-0.05, 0) is 29.8 Å². The van der Waals surface area contributed by atoms with Crippen LogP contribution in [0.3, 0.4) is 0 Å². The number of hydrogen-bond acceptors (Lipinski definition) is 2. The molecule has 2 aromatic rings. The summed E-state index contributed by atoms with van der Waals surface area (Å²) in [5.74, 6) is -0.259. The van der Waals surface area contributed by atoms with Gasteiger partial charge in [0, 0.05) is 11.1 Å². The van der Waals surface area contributed by atoms with Gasteiger partial charge in [-0.2, -0.15) is 0 Å². The zero-order chi connectivity index (χ0) is 13.0. The van der Waals surface area contributed by atoms with Crippen molar-refractivity contribution in [3.63, 3.8) is 0 Å². The van der Waals surface area contributed by atoms with E-state index in [0.29, 0.717) is 23.0 Å². The Kier molecular flexibility index (Phi) is 3.53. The predicted molar refractivity (Wildman–Crippen MR) is 68.4 cm³/mol. The zero-order valence-corrected chi connectivity index (χ0v) is 9.51. The average Bonchev–Trinajstić information content (AvgIpc) is 2.39. The summed E-state index contributed by atoms with van der Waals surface area (Å²) in [5.41, 5.74) is 1.35. The molecule has 2 rings (SSSR count). The second kappa shape index (κ2) is 5.27. The number of aromatic hydroxyl groups is 1. The molecule has 0 aliphatic carbocycles. The van der Waals surface area contributed by atoms with Crippen molar-refractivity contribution in [1.82, 2.24) is 0 Å². The molecule has 0 unspecified atom stereocenters. The fourth-order valence-corrected chi connectivity index (χ4v) is 1.60. The monoisotopic (exact) mass is 242 g/mol. The van der Waals surface area contributed by atoms with Gasteiger partial charge in [-0.15, -0.1) is 0 Å². The molecule has 2 aromatic carbocycles. The Morgan fingerprint density at radius 2 is 1.72 bits per heavy atom. The zero-order valence-electron chi connectivity index (χ0n) is 9.51. The molecule has 18 heavy (non-hydrogen) atoms. The molecule has 1 N–H and O–H groups in total. The SMILES string of the molecule is O=C/C(=C/c1ccccc1F)c1ccc(O)cc1. The number of phenolic OH excluding ortho intramolecular Hbond substituents is 1. The molecule has 0 saturated heterocycles. The van der Waals surface area contributed by atoms with E-state index in [2.05, 4.69) is 0 Å². The van der Waals surface area contributed by atoms with E-state index in [4.69, 9.17) is 0 Å². The molecule has 0 aromatic heterocycles. The summed E-state index contributed by atoms with van der Waals surface area (Å²) in [7, 11) is 0. The number of benzene rings is 2. The molecule has 0 fully saturated rings. The maximum Gasteiger partial charge on any atom is 0.150 e. The lowest BCUT2D eigenvalue weighted by Gasteiger charge is -2.02. The highest BCUT2D eigenvalue weighted by atomic mass is 19.1. The van der Waals surface area contributed by atoms with E-state index in [1.807, 2.05) is 0 Å². The van der Waals surface area contributed by atoms with Crippen LogP contribution >= 0.6 is 0 Å². The highest BCUT2D eigenvalue weighted by Crippen LogP contribution is 2.20. The van der Waals surface area contributed by atoms with Gasteiger partial charge in [-0.25, -0.2) is 4.39 Å². The van der Waals surface area contributed by atoms with Crippen molar-refractivity contribution < 1.29 is 14.3 Å².